The van der Waals surface area contributed by atoms with Gasteiger partial charge in [0, 0.05) is 0 Å². The summed E-state index contributed by atoms with van der Waals surface area (Å²) >= 11 is 0.173. The molecule has 1 rings (SSSR count). The van der Waals surface area contributed by atoms with Crippen LogP contribution in [-0.2, 0) is 19.1 Å². The Kier molecular flexibility index (Phi) is 5.62. The molecule has 0 aliphatic heterocycles. The van der Waals surface area contributed by atoms with E-state index in [1.54, 1.807) is 0 Å². The molecule has 0 bridgehead atoms. The fraction of sp³-hybridized carbons (Fsp3) is 0.400. The van der Waals surface area contributed by atoms with Crippen LogP contribution in [0.3, 0.4) is 0 Å². The number of esters is 2. The molecule has 0 saturated carbocycles. The summed E-state index contributed by atoms with van der Waals surface area (Å²) in [4.78, 5) is 21.3. The lowest BCUT2D eigenvalue weighted by Gasteiger charge is -2.38. The van der Waals surface area contributed by atoms with Gasteiger partial charge in [0.25, 0.3) is 0 Å². The van der Waals surface area contributed by atoms with Gasteiger partial charge in [-0.1, -0.05) is 0 Å². The molecule has 4 nitrogen and oxygen atoms in total. The molecule has 0 fully saturated rings. The van der Waals surface area contributed by atoms with Gasteiger partial charge in [-0.25, -0.2) is 22.8 Å². The SMILES string of the molecule is O=C(O[C@@]1(F)C(I)=C(F)C(F)=C(F)[C@@]1(F)OC(=O)C(F)(F)F)C(F)(F)F. The zero-order valence-electron chi connectivity index (χ0n) is 11.2. The second kappa shape index (κ2) is 6.52. The third kappa shape index (κ3) is 3.59. The molecule has 148 valence electrons. The van der Waals surface area contributed by atoms with Gasteiger partial charge in [0.1, 0.15) is 3.58 Å². The Balaban J connectivity index is 3.60. The average Bonchev–Trinajstić information content (AvgIpc) is 2.48. The van der Waals surface area contributed by atoms with Crippen LogP contribution >= 0.6 is 22.6 Å². The summed E-state index contributed by atoms with van der Waals surface area (Å²) < 4.78 is 145. The first kappa shape index (κ1) is 22.4. The van der Waals surface area contributed by atoms with E-state index in [1.165, 1.54) is 0 Å². The summed E-state index contributed by atoms with van der Waals surface area (Å²) in [6, 6.07) is 0. The molecule has 1 aliphatic rings. The summed E-state index contributed by atoms with van der Waals surface area (Å²) in [5.74, 6) is -28.0. The number of halogens is 12. The van der Waals surface area contributed by atoms with Crippen LogP contribution in [0.15, 0.2) is 21.1 Å². The molecule has 0 aromatic heterocycles. The fourth-order valence-corrected chi connectivity index (χ4v) is 2.04. The van der Waals surface area contributed by atoms with Gasteiger partial charge in [-0.05, 0) is 22.6 Å². The van der Waals surface area contributed by atoms with Crippen molar-refractivity contribution in [3.63, 3.8) is 0 Å². The zero-order valence-corrected chi connectivity index (χ0v) is 13.3. The Morgan fingerprint density at radius 1 is 0.769 bits per heavy atom. The molecule has 0 aromatic rings. The highest BCUT2D eigenvalue weighted by molar-refractivity contribution is 14.1. The van der Waals surface area contributed by atoms with Crippen LogP contribution in [0.2, 0.25) is 0 Å². The van der Waals surface area contributed by atoms with Crippen LogP contribution in [0, 0.1) is 0 Å². The van der Waals surface area contributed by atoms with E-state index >= 15 is 0 Å². The second-order valence-electron chi connectivity index (χ2n) is 4.22. The Morgan fingerprint density at radius 2 is 1.12 bits per heavy atom. The number of hydrogen-bond donors (Lipinski definition) is 0. The Hall–Kier alpha value is -1.62. The van der Waals surface area contributed by atoms with Crippen molar-refractivity contribution in [1.29, 1.82) is 0 Å². The minimum Gasteiger partial charge on any atom is -0.410 e. The zero-order chi connectivity index (χ0) is 20.9. The van der Waals surface area contributed by atoms with E-state index in [-0.39, 0.29) is 22.6 Å². The van der Waals surface area contributed by atoms with Crippen molar-refractivity contribution >= 4 is 34.5 Å². The molecule has 26 heavy (non-hydrogen) atoms. The van der Waals surface area contributed by atoms with Crippen molar-refractivity contribution in [2.24, 2.45) is 0 Å². The predicted molar refractivity (Wildman–Crippen MR) is 63.4 cm³/mol. The number of rotatable bonds is 2. The van der Waals surface area contributed by atoms with E-state index in [1.807, 2.05) is 0 Å². The predicted octanol–water partition coefficient (Wildman–Crippen LogP) is 4.31. The normalized spacial score (nSPS) is 27.5. The van der Waals surface area contributed by atoms with Gasteiger partial charge >= 0.3 is 36.0 Å². The Labute approximate surface area is 147 Å². The summed E-state index contributed by atoms with van der Waals surface area (Å²) in [5.41, 5.74) is 0. The van der Waals surface area contributed by atoms with Crippen LogP contribution in [-0.4, -0.2) is 36.0 Å². The van der Waals surface area contributed by atoms with Gasteiger partial charge in [-0.15, -0.1) is 0 Å². The summed E-state index contributed by atoms with van der Waals surface area (Å²) in [6.07, 6.45) is -12.3. The van der Waals surface area contributed by atoms with Crippen LogP contribution in [0.25, 0.3) is 0 Å². The third-order valence-electron chi connectivity index (χ3n) is 2.49. The molecule has 16 heteroatoms. The van der Waals surface area contributed by atoms with Crippen molar-refractivity contribution in [2.75, 3.05) is 0 Å². The first-order valence-electron chi connectivity index (χ1n) is 5.49. The minimum atomic E-state index is -6.17. The molecule has 1 aliphatic carbocycles. The van der Waals surface area contributed by atoms with Crippen molar-refractivity contribution in [2.45, 2.75) is 24.1 Å². The van der Waals surface area contributed by atoms with Gasteiger partial charge < -0.3 is 9.47 Å². The lowest BCUT2D eigenvalue weighted by Crippen LogP contribution is -2.58. The number of hydrogen-bond acceptors (Lipinski definition) is 4. The van der Waals surface area contributed by atoms with Crippen LogP contribution in [0.1, 0.15) is 0 Å². The molecule has 2 atom stereocenters. The van der Waals surface area contributed by atoms with E-state index in [0.717, 1.165) is 0 Å². The molecule has 0 N–H and O–H groups in total. The molecule has 0 spiro atoms. The van der Waals surface area contributed by atoms with Crippen molar-refractivity contribution in [1.82, 2.24) is 0 Å². The largest absolute Gasteiger partial charge is 0.491 e. The van der Waals surface area contributed by atoms with Crippen LogP contribution in [0.5, 0.6) is 0 Å². The van der Waals surface area contributed by atoms with Gasteiger partial charge in [0.2, 0.25) is 5.83 Å². The van der Waals surface area contributed by atoms with E-state index in [2.05, 4.69) is 9.47 Å². The molecule has 0 unspecified atom stereocenters. The number of carbonyl (C=O) groups is 2. The van der Waals surface area contributed by atoms with Gasteiger partial charge in [-0.2, -0.15) is 35.1 Å². The maximum Gasteiger partial charge on any atom is 0.491 e. The van der Waals surface area contributed by atoms with Gasteiger partial charge in [0.15, 0.2) is 11.7 Å². The molecule has 0 heterocycles. The first-order valence-corrected chi connectivity index (χ1v) is 6.57. The van der Waals surface area contributed by atoms with Crippen molar-refractivity contribution in [3.8, 4) is 0 Å². The standard InChI is InChI=1S/C10F11IO4/c11-1-2(12)4(22)8(15,26-6(24)10(19,20)21)7(14,3(1)13)25-5(23)9(16,17)18/t7-,8+/m1/s1. The third-order valence-corrected chi connectivity index (χ3v) is 3.65. The van der Waals surface area contributed by atoms with E-state index in [0.29, 0.717) is 0 Å². The number of alkyl halides is 8. The number of allylic oxidation sites excluding steroid dienone is 2. The Morgan fingerprint density at radius 3 is 1.46 bits per heavy atom. The summed E-state index contributed by atoms with van der Waals surface area (Å²) in [5, 5.41) is 0. The van der Waals surface area contributed by atoms with Crippen molar-refractivity contribution in [3.05, 3.63) is 21.1 Å². The fourth-order valence-electron chi connectivity index (χ4n) is 1.35. The average molecular weight is 520 g/mol. The number of carbonyl (C=O) groups excluding carboxylic acids is 2. The van der Waals surface area contributed by atoms with Crippen molar-refractivity contribution < 1.29 is 67.4 Å². The molecule has 0 amide bonds. The number of ether oxygens (including phenoxy) is 2. The molecular weight excluding hydrogens is 520 g/mol. The second-order valence-corrected chi connectivity index (χ2v) is 5.30. The quantitative estimate of drug-likeness (QED) is 0.310. The van der Waals surface area contributed by atoms with E-state index < -0.39 is 57.1 Å². The maximum atomic E-state index is 14.5. The lowest BCUT2D eigenvalue weighted by molar-refractivity contribution is -0.301. The minimum absolute atomic E-state index is 0.173. The molecule has 0 saturated heterocycles. The topological polar surface area (TPSA) is 52.6 Å². The monoisotopic (exact) mass is 520 g/mol. The highest BCUT2D eigenvalue weighted by Crippen LogP contribution is 2.55. The summed E-state index contributed by atoms with van der Waals surface area (Å²) in [6.45, 7) is 0. The Bertz CT molecular complexity index is 649. The van der Waals surface area contributed by atoms with E-state index in [9.17, 15) is 57.9 Å². The maximum absolute atomic E-state index is 14.5. The lowest BCUT2D eigenvalue weighted by atomic mass is 10.00. The highest BCUT2D eigenvalue weighted by Gasteiger charge is 2.72. The molecule has 0 aromatic carbocycles. The molecule has 0 radical (unpaired) electrons. The smallest absolute Gasteiger partial charge is 0.410 e. The first-order chi connectivity index (χ1) is 11.4. The van der Waals surface area contributed by atoms with Crippen LogP contribution < -0.4 is 0 Å². The highest BCUT2D eigenvalue weighted by atomic mass is 127. The van der Waals surface area contributed by atoms with E-state index in [4.69, 9.17) is 0 Å². The summed E-state index contributed by atoms with van der Waals surface area (Å²) in [7, 11) is 0. The molecular formula is C10F11IO4. The van der Waals surface area contributed by atoms with Gasteiger partial charge in [-0.3, -0.25) is 0 Å². The van der Waals surface area contributed by atoms with Gasteiger partial charge in [0.05, 0.1) is 0 Å². The van der Waals surface area contributed by atoms with Crippen LogP contribution in [0.4, 0.5) is 48.3 Å².